The number of fused-ring (bicyclic) bond motifs is 3. The number of nitrogens with zero attached hydrogens (tertiary/aromatic N) is 1. The summed E-state index contributed by atoms with van der Waals surface area (Å²) in [5, 5.41) is 6.65. The van der Waals surface area contributed by atoms with Crippen molar-refractivity contribution in [1.29, 1.82) is 0 Å². The fourth-order valence-electron chi connectivity index (χ4n) is 6.83. The van der Waals surface area contributed by atoms with Gasteiger partial charge in [0.05, 0.1) is 17.4 Å². The van der Waals surface area contributed by atoms with Gasteiger partial charge < -0.3 is 25.0 Å². The lowest BCUT2D eigenvalue weighted by Gasteiger charge is -2.30. The molecule has 1 saturated heterocycles. The van der Waals surface area contributed by atoms with Crippen molar-refractivity contribution in [2.75, 3.05) is 6.54 Å². The Balaban J connectivity index is 1.27. The molecule has 2 aliphatic heterocycles. The topological polar surface area (TPSA) is 177 Å². The van der Waals surface area contributed by atoms with Crippen LogP contribution in [0.15, 0.2) is 54.6 Å². The Morgan fingerprint density at radius 2 is 1.73 bits per heavy atom. The third-order valence-corrected chi connectivity index (χ3v) is 11.6. The molecule has 2 aromatic carbocycles. The molecule has 2 aromatic rings. The summed E-state index contributed by atoms with van der Waals surface area (Å²) in [6.07, 6.45) is 6.19. The molecule has 2 aliphatic carbocycles. The molecule has 4 amide bonds. The zero-order chi connectivity index (χ0) is 36.6. The van der Waals surface area contributed by atoms with Crippen molar-refractivity contribution in [3.05, 3.63) is 60.2 Å². The smallest absolute Gasteiger partial charge is 0.408 e. The van der Waals surface area contributed by atoms with Crippen molar-refractivity contribution >= 4 is 50.6 Å². The van der Waals surface area contributed by atoms with Gasteiger partial charge in [0.25, 0.3) is 5.91 Å². The predicted octanol–water partition coefficient (Wildman–Crippen LogP) is 3.86. The first-order valence-electron chi connectivity index (χ1n) is 17.7. The standard InChI is InChI=1S/C37H46N4O9S/c1-36(2,3)50-35(46)38-29-14-8-6-4-5-7-13-26-21-37(26,34(45)40-51(47,48)28-17-18-28)39-31(42)30-20-27(22-41(30)32(29)43)49-33(44)25-16-15-23-11-9-10-12-24(23)19-25/h7,9-13,15-16,19,26-30H,4-6,8,14,17-18,20-22H2,1-3H3,(H,38,46)(H,39,42)(H,40,45). The molecule has 3 fully saturated rings. The van der Waals surface area contributed by atoms with Gasteiger partial charge in [0.1, 0.15) is 29.3 Å². The van der Waals surface area contributed by atoms with E-state index < -0.39 is 80.3 Å². The van der Waals surface area contributed by atoms with E-state index in [9.17, 15) is 32.4 Å². The number of ether oxygens (including phenoxy) is 2. The highest BCUT2D eigenvalue weighted by molar-refractivity contribution is 7.91. The number of amides is 4. The summed E-state index contributed by atoms with van der Waals surface area (Å²) >= 11 is 0. The number of hydrogen-bond acceptors (Lipinski definition) is 9. The van der Waals surface area contributed by atoms with Crippen LogP contribution in [0.4, 0.5) is 4.79 Å². The molecule has 2 heterocycles. The monoisotopic (exact) mass is 722 g/mol. The zero-order valence-corrected chi connectivity index (χ0v) is 30.0. The molecule has 274 valence electrons. The number of esters is 1. The minimum Gasteiger partial charge on any atom is -0.457 e. The molecular formula is C37H46N4O9S. The van der Waals surface area contributed by atoms with Crippen LogP contribution in [-0.2, 0) is 33.9 Å². The van der Waals surface area contributed by atoms with Crippen molar-refractivity contribution in [3.8, 4) is 0 Å². The van der Waals surface area contributed by atoms with Crippen LogP contribution in [0.3, 0.4) is 0 Å². The van der Waals surface area contributed by atoms with Crippen molar-refractivity contribution < 1.29 is 41.9 Å². The summed E-state index contributed by atoms with van der Waals surface area (Å²) < 4.78 is 39.0. The molecule has 5 unspecified atom stereocenters. The Hall–Kier alpha value is -4.46. The van der Waals surface area contributed by atoms with Gasteiger partial charge in [-0.05, 0) is 82.2 Å². The predicted molar refractivity (Wildman–Crippen MR) is 188 cm³/mol. The minimum absolute atomic E-state index is 0.0748. The Kier molecular flexibility index (Phi) is 10.2. The molecule has 0 spiro atoms. The number of rotatable bonds is 6. The highest BCUT2D eigenvalue weighted by atomic mass is 32.2. The lowest BCUT2D eigenvalue weighted by atomic mass is 10.0. The Bertz CT molecular complexity index is 1850. The number of hydrogen-bond donors (Lipinski definition) is 3. The SMILES string of the molecule is CC(C)(C)OC(=O)NC1CCCCCC=CC2CC2(C(=O)NS(=O)(=O)C2CC2)NC(=O)C2CC(OC(=O)c3ccc4ccccc4c3)CN2C1=O. The van der Waals surface area contributed by atoms with Crippen LogP contribution in [-0.4, -0.2) is 84.2 Å². The summed E-state index contributed by atoms with van der Waals surface area (Å²) in [6, 6.07) is 10.5. The van der Waals surface area contributed by atoms with Crippen molar-refractivity contribution in [1.82, 2.24) is 20.3 Å². The second-order valence-electron chi connectivity index (χ2n) is 15.0. The van der Waals surface area contributed by atoms with Gasteiger partial charge in [0, 0.05) is 12.3 Å². The molecule has 0 bridgehead atoms. The largest absolute Gasteiger partial charge is 0.457 e. The van der Waals surface area contributed by atoms with Crippen molar-refractivity contribution in [2.45, 2.75) is 113 Å². The third-order valence-electron chi connectivity index (χ3n) is 9.79. The molecule has 0 radical (unpaired) electrons. The van der Waals surface area contributed by atoms with Crippen LogP contribution in [0.5, 0.6) is 0 Å². The molecule has 13 nitrogen and oxygen atoms in total. The first-order chi connectivity index (χ1) is 24.1. The molecule has 51 heavy (non-hydrogen) atoms. The van der Waals surface area contributed by atoms with E-state index >= 15 is 0 Å². The number of carbonyl (C=O) groups excluding carboxylic acids is 5. The van der Waals surface area contributed by atoms with Crippen LogP contribution >= 0.6 is 0 Å². The van der Waals surface area contributed by atoms with E-state index in [1.807, 2.05) is 42.5 Å². The second kappa shape index (κ2) is 14.3. The van der Waals surface area contributed by atoms with Gasteiger partial charge in [0.2, 0.25) is 21.8 Å². The molecule has 5 atom stereocenters. The lowest BCUT2D eigenvalue weighted by Crippen LogP contribution is -2.58. The highest BCUT2D eigenvalue weighted by Crippen LogP contribution is 2.46. The fourth-order valence-corrected chi connectivity index (χ4v) is 8.20. The quantitative estimate of drug-likeness (QED) is 0.295. The van der Waals surface area contributed by atoms with Gasteiger partial charge in [-0.3, -0.25) is 19.1 Å². The average molecular weight is 723 g/mol. The van der Waals surface area contributed by atoms with Gasteiger partial charge in [-0.2, -0.15) is 0 Å². The van der Waals surface area contributed by atoms with E-state index in [0.29, 0.717) is 31.2 Å². The van der Waals surface area contributed by atoms with Crippen LogP contribution in [0.2, 0.25) is 0 Å². The summed E-state index contributed by atoms with van der Waals surface area (Å²) in [7, 11) is -3.90. The van der Waals surface area contributed by atoms with Crippen LogP contribution in [0, 0.1) is 5.92 Å². The molecular weight excluding hydrogens is 676 g/mol. The molecule has 4 aliphatic rings. The van der Waals surface area contributed by atoms with Crippen molar-refractivity contribution in [3.63, 3.8) is 0 Å². The summed E-state index contributed by atoms with van der Waals surface area (Å²) in [5.74, 6) is -3.14. The highest BCUT2D eigenvalue weighted by Gasteiger charge is 2.62. The molecule has 0 aromatic heterocycles. The van der Waals surface area contributed by atoms with Crippen LogP contribution in [0.25, 0.3) is 10.8 Å². The third kappa shape index (κ3) is 8.54. The first-order valence-corrected chi connectivity index (χ1v) is 19.2. The van der Waals surface area contributed by atoms with Gasteiger partial charge in [0.15, 0.2) is 0 Å². The number of sulfonamides is 1. The maximum atomic E-state index is 14.3. The maximum Gasteiger partial charge on any atom is 0.408 e. The van der Waals surface area contributed by atoms with E-state index in [4.69, 9.17) is 9.47 Å². The van der Waals surface area contributed by atoms with E-state index in [0.717, 1.165) is 23.6 Å². The Morgan fingerprint density at radius 3 is 2.45 bits per heavy atom. The van der Waals surface area contributed by atoms with Gasteiger partial charge in [-0.1, -0.05) is 55.3 Å². The van der Waals surface area contributed by atoms with Crippen molar-refractivity contribution in [2.24, 2.45) is 5.92 Å². The second-order valence-corrected chi connectivity index (χ2v) is 17.0. The first kappa shape index (κ1) is 36.3. The van der Waals surface area contributed by atoms with E-state index in [2.05, 4.69) is 15.4 Å². The number of benzene rings is 2. The van der Waals surface area contributed by atoms with Gasteiger partial charge >= 0.3 is 12.1 Å². The summed E-state index contributed by atoms with van der Waals surface area (Å²) in [6.45, 7) is 4.99. The fraction of sp³-hybridized carbons (Fsp3) is 0.541. The number of allylic oxidation sites excluding steroid dienone is 1. The average Bonchev–Trinajstić information content (AvgIpc) is 3.99. The molecule has 14 heteroatoms. The van der Waals surface area contributed by atoms with Gasteiger partial charge in [-0.15, -0.1) is 0 Å². The molecule has 6 rings (SSSR count). The number of nitrogens with one attached hydrogen (secondary N) is 3. The molecule has 3 N–H and O–H groups in total. The summed E-state index contributed by atoms with van der Waals surface area (Å²) in [4.78, 5) is 69.6. The van der Waals surface area contributed by atoms with E-state index in [1.165, 1.54) is 4.90 Å². The van der Waals surface area contributed by atoms with E-state index in [-0.39, 0.29) is 25.8 Å². The Morgan fingerprint density at radius 1 is 0.980 bits per heavy atom. The lowest BCUT2D eigenvalue weighted by molar-refractivity contribution is -0.141. The minimum atomic E-state index is -3.90. The maximum absolute atomic E-state index is 14.3. The zero-order valence-electron chi connectivity index (χ0n) is 29.2. The van der Waals surface area contributed by atoms with Crippen LogP contribution < -0.4 is 15.4 Å². The van der Waals surface area contributed by atoms with Gasteiger partial charge in [-0.25, -0.2) is 18.0 Å². The molecule has 2 saturated carbocycles. The van der Waals surface area contributed by atoms with E-state index in [1.54, 1.807) is 32.9 Å². The summed E-state index contributed by atoms with van der Waals surface area (Å²) in [5.41, 5.74) is -2.04. The number of alkyl carbamates (subject to hydrolysis) is 1. The normalized spacial score (nSPS) is 27.2. The number of carbonyl (C=O) groups is 5. The Labute approximate surface area is 297 Å². The van der Waals surface area contributed by atoms with Crippen LogP contribution in [0.1, 0.15) is 88.9 Å².